The van der Waals surface area contributed by atoms with Crippen molar-refractivity contribution in [3.8, 4) is 0 Å². The first-order chi connectivity index (χ1) is 15.2. The van der Waals surface area contributed by atoms with Crippen LogP contribution >= 0.6 is 22.7 Å². The van der Waals surface area contributed by atoms with Crippen molar-refractivity contribution in [3.05, 3.63) is 11.6 Å². The van der Waals surface area contributed by atoms with Crippen LogP contribution in [0.5, 0.6) is 0 Å². The van der Waals surface area contributed by atoms with Crippen LogP contribution in [0.15, 0.2) is 6.07 Å². The highest BCUT2D eigenvalue weighted by atomic mass is 32.1. The molecule has 0 saturated carbocycles. The maximum absolute atomic E-state index is 12.3. The third-order valence-corrected chi connectivity index (χ3v) is 7.19. The lowest BCUT2D eigenvalue weighted by Gasteiger charge is -2.18. The number of nitrogens with one attached hydrogen (secondary N) is 3. The second kappa shape index (κ2) is 9.16. The van der Waals surface area contributed by atoms with Gasteiger partial charge in [0.05, 0.1) is 33.5 Å². The molecule has 1 saturated heterocycles. The van der Waals surface area contributed by atoms with Gasteiger partial charge in [-0.3, -0.25) is 9.59 Å². The van der Waals surface area contributed by atoms with Gasteiger partial charge in [-0.1, -0.05) is 22.7 Å². The van der Waals surface area contributed by atoms with Gasteiger partial charge in [0, 0.05) is 30.7 Å². The maximum atomic E-state index is 12.3. The molecule has 32 heavy (non-hydrogen) atoms. The molecule has 9 nitrogen and oxygen atoms in total. The number of carbonyl (C=O) groups is 2. The monoisotopic (exact) mass is 475 g/mol. The van der Waals surface area contributed by atoms with Crippen LogP contribution < -0.4 is 21.7 Å². The third-order valence-electron chi connectivity index (χ3n) is 5.27. The van der Waals surface area contributed by atoms with Crippen molar-refractivity contribution in [1.29, 1.82) is 0 Å². The summed E-state index contributed by atoms with van der Waals surface area (Å²) in [6, 6.07) is 2.07. The standard InChI is InChI=1S/C21H29N7O2S2/c1-12-17-13(31-19(26-17)23-9-15(29)25-11-21(2,3)22)8-14-18(12)27-20(32-14)24-10-16(30)28-6-4-5-7-28/h8H,4-7,9-11,22H2,1-3H3,(H,23,26)(H,24,27)(H,25,29). The number of rotatable bonds is 8. The Labute approximate surface area is 194 Å². The Morgan fingerprint density at radius 1 is 1.06 bits per heavy atom. The van der Waals surface area contributed by atoms with Crippen molar-refractivity contribution in [2.45, 2.75) is 39.2 Å². The van der Waals surface area contributed by atoms with E-state index in [-0.39, 0.29) is 24.9 Å². The zero-order chi connectivity index (χ0) is 22.9. The minimum absolute atomic E-state index is 0.121. The predicted octanol–water partition coefficient (Wildman–Crippen LogP) is 2.51. The number of aromatic nitrogens is 2. The van der Waals surface area contributed by atoms with Gasteiger partial charge in [0.25, 0.3) is 0 Å². The van der Waals surface area contributed by atoms with E-state index < -0.39 is 5.54 Å². The number of nitrogens with zero attached hydrogens (tertiary/aromatic N) is 3. The van der Waals surface area contributed by atoms with Crippen molar-refractivity contribution in [1.82, 2.24) is 20.2 Å². The minimum Gasteiger partial charge on any atom is -0.353 e. The molecule has 0 spiro atoms. The molecule has 3 aromatic rings. The normalized spacial score (nSPS) is 14.3. The Bertz CT molecular complexity index is 1140. The van der Waals surface area contributed by atoms with Crippen molar-refractivity contribution in [3.63, 3.8) is 0 Å². The number of fused-ring (bicyclic) bond motifs is 2. The number of aryl methyl sites for hydroxylation is 1. The van der Waals surface area contributed by atoms with Crippen LogP contribution in [0.4, 0.5) is 10.3 Å². The number of hydrogen-bond acceptors (Lipinski definition) is 9. The molecule has 1 aromatic carbocycles. The molecule has 1 aliphatic rings. The van der Waals surface area contributed by atoms with Crippen LogP contribution in [0.2, 0.25) is 0 Å². The summed E-state index contributed by atoms with van der Waals surface area (Å²) in [4.78, 5) is 35.6. The van der Waals surface area contributed by atoms with Crippen molar-refractivity contribution < 1.29 is 9.59 Å². The van der Waals surface area contributed by atoms with Gasteiger partial charge in [-0.05, 0) is 39.7 Å². The number of anilines is 2. The van der Waals surface area contributed by atoms with E-state index in [0.717, 1.165) is 57.1 Å². The fourth-order valence-corrected chi connectivity index (χ4v) is 5.55. The first-order valence-corrected chi connectivity index (χ1v) is 12.3. The van der Waals surface area contributed by atoms with Gasteiger partial charge in [-0.25, -0.2) is 9.97 Å². The highest BCUT2D eigenvalue weighted by Crippen LogP contribution is 2.36. The molecule has 1 aliphatic heterocycles. The second-order valence-corrected chi connectivity index (χ2v) is 10.9. The van der Waals surface area contributed by atoms with Gasteiger partial charge in [-0.15, -0.1) is 0 Å². The second-order valence-electron chi connectivity index (χ2n) is 8.79. The smallest absolute Gasteiger partial charge is 0.241 e. The number of likely N-dealkylation sites (tertiary alicyclic amines) is 1. The molecule has 0 atom stereocenters. The third kappa shape index (κ3) is 5.28. The lowest BCUT2D eigenvalue weighted by Crippen LogP contribution is -2.46. The molecule has 172 valence electrons. The largest absolute Gasteiger partial charge is 0.353 e. The predicted molar refractivity (Wildman–Crippen MR) is 132 cm³/mol. The van der Waals surface area contributed by atoms with Crippen LogP contribution in [-0.2, 0) is 9.59 Å². The molecule has 0 unspecified atom stereocenters. The molecule has 2 aromatic heterocycles. The summed E-state index contributed by atoms with van der Waals surface area (Å²) in [5.74, 6) is -0.00254. The van der Waals surface area contributed by atoms with E-state index in [1.165, 1.54) is 22.7 Å². The lowest BCUT2D eigenvalue weighted by atomic mass is 10.1. The number of hydrogen-bond donors (Lipinski definition) is 4. The molecule has 3 heterocycles. The SMILES string of the molecule is Cc1c2nc(NCC(=O)NCC(C)(C)N)sc2cc2sc(NCC(=O)N3CCCC3)nc12. The van der Waals surface area contributed by atoms with Crippen molar-refractivity contribution in [2.24, 2.45) is 5.73 Å². The number of nitrogens with two attached hydrogens (primary N) is 1. The summed E-state index contributed by atoms with van der Waals surface area (Å²) in [6.07, 6.45) is 2.17. The topological polar surface area (TPSA) is 125 Å². The number of carbonyl (C=O) groups excluding carboxylic acids is 2. The number of amides is 2. The molecular formula is C21H29N7O2S2. The first kappa shape index (κ1) is 22.7. The van der Waals surface area contributed by atoms with Gasteiger partial charge in [0.1, 0.15) is 0 Å². The van der Waals surface area contributed by atoms with Gasteiger partial charge in [0.2, 0.25) is 11.8 Å². The molecule has 0 radical (unpaired) electrons. The average molecular weight is 476 g/mol. The Morgan fingerprint density at radius 3 is 2.19 bits per heavy atom. The summed E-state index contributed by atoms with van der Waals surface area (Å²) < 4.78 is 2.08. The molecule has 11 heteroatoms. The molecule has 1 fully saturated rings. The summed E-state index contributed by atoms with van der Waals surface area (Å²) in [5, 5.41) is 10.5. The summed E-state index contributed by atoms with van der Waals surface area (Å²) in [7, 11) is 0. The quantitative estimate of drug-likeness (QED) is 0.394. The Kier molecular flexibility index (Phi) is 6.50. The van der Waals surface area contributed by atoms with Crippen LogP contribution in [0, 0.1) is 6.92 Å². The summed E-state index contributed by atoms with van der Waals surface area (Å²) >= 11 is 3.04. The number of thiazole rings is 2. The van der Waals surface area contributed by atoms with E-state index in [1.54, 1.807) is 0 Å². The van der Waals surface area contributed by atoms with E-state index in [9.17, 15) is 9.59 Å². The van der Waals surface area contributed by atoms with Crippen LogP contribution in [-0.4, -0.2) is 64.9 Å². The Hall–Kier alpha value is -2.50. The van der Waals surface area contributed by atoms with E-state index in [1.807, 2.05) is 25.7 Å². The highest BCUT2D eigenvalue weighted by Gasteiger charge is 2.19. The van der Waals surface area contributed by atoms with Crippen LogP contribution in [0.1, 0.15) is 32.3 Å². The Balaban J connectivity index is 1.42. The highest BCUT2D eigenvalue weighted by molar-refractivity contribution is 7.24. The van der Waals surface area contributed by atoms with E-state index in [0.29, 0.717) is 11.7 Å². The van der Waals surface area contributed by atoms with E-state index >= 15 is 0 Å². The van der Waals surface area contributed by atoms with Crippen LogP contribution in [0.3, 0.4) is 0 Å². The van der Waals surface area contributed by atoms with Gasteiger partial charge < -0.3 is 26.6 Å². The zero-order valence-corrected chi connectivity index (χ0v) is 20.2. The maximum Gasteiger partial charge on any atom is 0.241 e. The summed E-state index contributed by atoms with van der Waals surface area (Å²) in [6.45, 7) is 8.25. The minimum atomic E-state index is -0.448. The van der Waals surface area contributed by atoms with E-state index in [2.05, 4.69) is 27.0 Å². The van der Waals surface area contributed by atoms with E-state index in [4.69, 9.17) is 10.7 Å². The van der Waals surface area contributed by atoms with Crippen LogP contribution in [0.25, 0.3) is 20.4 Å². The lowest BCUT2D eigenvalue weighted by molar-refractivity contribution is -0.128. The first-order valence-electron chi connectivity index (χ1n) is 10.7. The fraction of sp³-hybridized carbons (Fsp3) is 0.524. The number of benzene rings is 1. The van der Waals surface area contributed by atoms with Crippen molar-refractivity contribution in [2.75, 3.05) is 43.4 Å². The molecule has 2 amide bonds. The zero-order valence-electron chi connectivity index (χ0n) is 18.6. The molecular weight excluding hydrogens is 446 g/mol. The summed E-state index contributed by atoms with van der Waals surface area (Å²) in [5.41, 5.74) is 8.20. The molecule has 0 bridgehead atoms. The van der Waals surface area contributed by atoms with Gasteiger partial charge in [0.15, 0.2) is 10.3 Å². The van der Waals surface area contributed by atoms with Gasteiger partial charge >= 0.3 is 0 Å². The van der Waals surface area contributed by atoms with Gasteiger partial charge in [-0.2, -0.15) is 0 Å². The molecule has 0 aliphatic carbocycles. The molecule has 5 N–H and O–H groups in total. The van der Waals surface area contributed by atoms with Crippen molar-refractivity contribution >= 4 is 65.2 Å². The molecule has 4 rings (SSSR count). The average Bonchev–Trinajstić information content (AvgIpc) is 3.47. The Morgan fingerprint density at radius 2 is 1.62 bits per heavy atom. The fourth-order valence-electron chi connectivity index (χ4n) is 3.55.